The summed E-state index contributed by atoms with van der Waals surface area (Å²) in [6, 6.07) is 5.71. The van der Waals surface area contributed by atoms with Gasteiger partial charge in [-0.25, -0.2) is 0 Å². The van der Waals surface area contributed by atoms with Crippen LogP contribution in [-0.2, 0) is 4.79 Å². The van der Waals surface area contributed by atoms with Crippen molar-refractivity contribution in [3.63, 3.8) is 0 Å². The van der Waals surface area contributed by atoms with Gasteiger partial charge in [-0.3, -0.25) is 4.79 Å². The molecule has 0 aromatic heterocycles. The van der Waals surface area contributed by atoms with E-state index in [1.165, 1.54) is 6.92 Å². The van der Waals surface area contributed by atoms with Gasteiger partial charge in [0.25, 0.3) is 0 Å². The fraction of sp³-hybridized carbons (Fsp3) is 0.417. The fourth-order valence-electron chi connectivity index (χ4n) is 1.47. The monoisotopic (exact) mass is 207 g/mol. The van der Waals surface area contributed by atoms with E-state index in [1.54, 1.807) is 7.11 Å². The van der Waals surface area contributed by atoms with Crippen molar-refractivity contribution in [1.29, 1.82) is 0 Å². The molecule has 0 saturated heterocycles. The Kier molecular flexibility index (Phi) is 3.72. The van der Waals surface area contributed by atoms with Gasteiger partial charge in [0.1, 0.15) is 5.75 Å². The zero-order chi connectivity index (χ0) is 11.4. The van der Waals surface area contributed by atoms with E-state index < -0.39 is 0 Å². The number of carbonyl (C=O) groups excluding carboxylic acids is 1. The van der Waals surface area contributed by atoms with Crippen LogP contribution in [0.3, 0.4) is 0 Å². The van der Waals surface area contributed by atoms with Crippen molar-refractivity contribution in [1.82, 2.24) is 0 Å². The van der Waals surface area contributed by atoms with Crippen LogP contribution in [0.15, 0.2) is 18.2 Å². The van der Waals surface area contributed by atoms with E-state index in [9.17, 15) is 4.79 Å². The van der Waals surface area contributed by atoms with Gasteiger partial charge in [0, 0.05) is 18.7 Å². The first-order valence-corrected chi connectivity index (χ1v) is 5.00. The van der Waals surface area contributed by atoms with Gasteiger partial charge in [-0.2, -0.15) is 0 Å². The normalized spacial score (nSPS) is 10.2. The Bertz CT molecular complexity index is 359. The van der Waals surface area contributed by atoms with E-state index in [0.717, 1.165) is 17.0 Å². The Balaban J connectivity index is 3.02. The summed E-state index contributed by atoms with van der Waals surface area (Å²) in [5, 5.41) is 2.73. The number of rotatable bonds is 3. The molecule has 0 aliphatic carbocycles. The lowest BCUT2D eigenvalue weighted by molar-refractivity contribution is -0.114. The topological polar surface area (TPSA) is 38.3 Å². The summed E-state index contributed by atoms with van der Waals surface area (Å²) < 4.78 is 5.28. The van der Waals surface area contributed by atoms with Gasteiger partial charge >= 0.3 is 0 Å². The van der Waals surface area contributed by atoms with Crippen molar-refractivity contribution in [2.24, 2.45) is 0 Å². The van der Waals surface area contributed by atoms with E-state index in [0.29, 0.717) is 5.92 Å². The van der Waals surface area contributed by atoms with E-state index in [1.807, 2.05) is 18.2 Å². The van der Waals surface area contributed by atoms with Gasteiger partial charge in [0.05, 0.1) is 7.11 Å². The highest BCUT2D eigenvalue weighted by molar-refractivity contribution is 5.88. The standard InChI is InChI=1S/C12H17NO2/c1-8(2)11-6-5-10(13-9(3)14)7-12(11)15-4/h5-8H,1-4H3,(H,13,14). The second kappa shape index (κ2) is 4.82. The van der Waals surface area contributed by atoms with Crippen molar-refractivity contribution < 1.29 is 9.53 Å². The third-order valence-corrected chi connectivity index (χ3v) is 2.18. The summed E-state index contributed by atoms with van der Waals surface area (Å²) in [4.78, 5) is 10.9. The number of hydrogen-bond donors (Lipinski definition) is 1. The van der Waals surface area contributed by atoms with Crippen LogP contribution in [-0.4, -0.2) is 13.0 Å². The molecule has 0 atom stereocenters. The number of carbonyl (C=O) groups is 1. The summed E-state index contributed by atoms with van der Waals surface area (Å²) in [5.74, 6) is 1.15. The smallest absolute Gasteiger partial charge is 0.221 e. The largest absolute Gasteiger partial charge is 0.496 e. The molecule has 0 unspecified atom stereocenters. The van der Waals surface area contributed by atoms with E-state index in [4.69, 9.17) is 4.74 Å². The van der Waals surface area contributed by atoms with Crippen LogP contribution in [0.25, 0.3) is 0 Å². The zero-order valence-electron chi connectivity index (χ0n) is 9.63. The predicted molar refractivity (Wildman–Crippen MR) is 61.4 cm³/mol. The quantitative estimate of drug-likeness (QED) is 0.827. The third-order valence-electron chi connectivity index (χ3n) is 2.18. The minimum absolute atomic E-state index is 0.0747. The summed E-state index contributed by atoms with van der Waals surface area (Å²) in [7, 11) is 1.64. The highest BCUT2D eigenvalue weighted by Crippen LogP contribution is 2.29. The van der Waals surface area contributed by atoms with Crippen molar-refractivity contribution in [3.05, 3.63) is 23.8 Å². The molecule has 3 nitrogen and oxygen atoms in total. The Morgan fingerprint density at radius 2 is 2.07 bits per heavy atom. The molecule has 0 aliphatic rings. The van der Waals surface area contributed by atoms with Crippen LogP contribution in [0.2, 0.25) is 0 Å². The maximum Gasteiger partial charge on any atom is 0.221 e. The van der Waals surface area contributed by atoms with Crippen molar-refractivity contribution >= 4 is 11.6 Å². The van der Waals surface area contributed by atoms with Crippen LogP contribution in [0.1, 0.15) is 32.3 Å². The van der Waals surface area contributed by atoms with Crippen LogP contribution in [0, 0.1) is 0 Å². The average molecular weight is 207 g/mol. The zero-order valence-corrected chi connectivity index (χ0v) is 9.63. The van der Waals surface area contributed by atoms with Crippen molar-refractivity contribution in [2.75, 3.05) is 12.4 Å². The highest BCUT2D eigenvalue weighted by atomic mass is 16.5. The van der Waals surface area contributed by atoms with Gasteiger partial charge < -0.3 is 10.1 Å². The van der Waals surface area contributed by atoms with Gasteiger partial charge in [0.2, 0.25) is 5.91 Å². The first kappa shape index (κ1) is 11.6. The van der Waals surface area contributed by atoms with Crippen LogP contribution in [0.5, 0.6) is 5.75 Å². The van der Waals surface area contributed by atoms with E-state index in [2.05, 4.69) is 19.2 Å². The number of ether oxygens (including phenoxy) is 1. The van der Waals surface area contributed by atoms with Crippen molar-refractivity contribution in [3.8, 4) is 5.75 Å². The molecular weight excluding hydrogens is 190 g/mol. The molecule has 1 amide bonds. The van der Waals surface area contributed by atoms with Gasteiger partial charge in [-0.15, -0.1) is 0 Å². The molecule has 1 N–H and O–H groups in total. The van der Waals surface area contributed by atoms with Gasteiger partial charge in [-0.05, 0) is 17.5 Å². The molecule has 1 rings (SSSR count). The molecule has 0 aliphatic heterocycles. The van der Waals surface area contributed by atoms with E-state index >= 15 is 0 Å². The number of anilines is 1. The molecule has 0 fully saturated rings. The molecule has 1 aromatic carbocycles. The van der Waals surface area contributed by atoms with Gasteiger partial charge in [-0.1, -0.05) is 19.9 Å². The lowest BCUT2D eigenvalue weighted by Crippen LogP contribution is -2.06. The first-order chi connectivity index (χ1) is 7.04. The van der Waals surface area contributed by atoms with Crippen LogP contribution in [0.4, 0.5) is 5.69 Å². The SMILES string of the molecule is COc1cc(NC(C)=O)ccc1C(C)C. The minimum Gasteiger partial charge on any atom is -0.496 e. The molecule has 0 spiro atoms. The summed E-state index contributed by atoms with van der Waals surface area (Å²) >= 11 is 0. The first-order valence-electron chi connectivity index (χ1n) is 5.00. The van der Waals surface area contributed by atoms with Gasteiger partial charge in [0.15, 0.2) is 0 Å². The number of hydrogen-bond acceptors (Lipinski definition) is 2. The Labute approximate surface area is 90.4 Å². The lowest BCUT2D eigenvalue weighted by atomic mass is 10.0. The summed E-state index contributed by atoms with van der Waals surface area (Å²) in [5.41, 5.74) is 1.91. The molecule has 0 heterocycles. The predicted octanol–water partition coefficient (Wildman–Crippen LogP) is 2.78. The average Bonchev–Trinajstić information content (AvgIpc) is 2.16. The van der Waals surface area contributed by atoms with E-state index in [-0.39, 0.29) is 5.91 Å². The molecule has 3 heteroatoms. The lowest BCUT2D eigenvalue weighted by Gasteiger charge is -2.13. The molecule has 0 saturated carbocycles. The van der Waals surface area contributed by atoms with Crippen LogP contribution >= 0.6 is 0 Å². The number of nitrogens with one attached hydrogen (secondary N) is 1. The highest BCUT2D eigenvalue weighted by Gasteiger charge is 2.08. The second-order valence-corrected chi connectivity index (χ2v) is 3.79. The Morgan fingerprint density at radius 3 is 2.53 bits per heavy atom. The summed E-state index contributed by atoms with van der Waals surface area (Å²) in [6.45, 7) is 5.70. The molecule has 15 heavy (non-hydrogen) atoms. The molecule has 82 valence electrons. The summed E-state index contributed by atoms with van der Waals surface area (Å²) in [6.07, 6.45) is 0. The number of amides is 1. The van der Waals surface area contributed by atoms with Crippen molar-refractivity contribution in [2.45, 2.75) is 26.7 Å². The maximum absolute atomic E-state index is 10.9. The molecule has 1 aromatic rings. The molecule has 0 radical (unpaired) electrons. The number of benzene rings is 1. The maximum atomic E-state index is 10.9. The fourth-order valence-corrected chi connectivity index (χ4v) is 1.47. The second-order valence-electron chi connectivity index (χ2n) is 3.79. The molecule has 0 bridgehead atoms. The minimum atomic E-state index is -0.0747. The third kappa shape index (κ3) is 2.98. The Morgan fingerprint density at radius 1 is 1.40 bits per heavy atom. The number of methoxy groups -OCH3 is 1. The molecular formula is C12H17NO2. The van der Waals surface area contributed by atoms with Crippen LogP contribution < -0.4 is 10.1 Å². The Hall–Kier alpha value is -1.51.